The van der Waals surface area contributed by atoms with Crippen molar-refractivity contribution in [2.75, 3.05) is 0 Å². The van der Waals surface area contributed by atoms with E-state index in [0.717, 1.165) is 27.4 Å². The molecule has 0 saturated heterocycles. The molecule has 90 valence electrons. The summed E-state index contributed by atoms with van der Waals surface area (Å²) in [5.74, 6) is 1.64. The summed E-state index contributed by atoms with van der Waals surface area (Å²) in [6.45, 7) is 5.78. The van der Waals surface area contributed by atoms with Crippen molar-refractivity contribution in [1.82, 2.24) is 14.8 Å². The first-order chi connectivity index (χ1) is 7.99. The summed E-state index contributed by atoms with van der Waals surface area (Å²) in [6, 6.07) is 6.07. The van der Waals surface area contributed by atoms with Crippen molar-refractivity contribution in [2.24, 2.45) is 5.73 Å². The van der Waals surface area contributed by atoms with E-state index < -0.39 is 0 Å². The van der Waals surface area contributed by atoms with Gasteiger partial charge in [0.1, 0.15) is 11.6 Å². The van der Waals surface area contributed by atoms with E-state index in [0.29, 0.717) is 0 Å². The predicted octanol–water partition coefficient (Wildman–Crippen LogP) is 2.67. The van der Waals surface area contributed by atoms with E-state index in [1.807, 2.05) is 43.7 Å². The molecule has 0 bridgehead atoms. The van der Waals surface area contributed by atoms with Gasteiger partial charge in [-0.15, -0.1) is 0 Å². The SMILES string of the molecule is Cc1nc(C)n(-c2ccc([C@@H](C)N)cc2Br)n1. The van der Waals surface area contributed by atoms with Crippen molar-refractivity contribution in [3.63, 3.8) is 0 Å². The molecule has 0 spiro atoms. The van der Waals surface area contributed by atoms with Crippen LogP contribution in [0, 0.1) is 13.8 Å². The summed E-state index contributed by atoms with van der Waals surface area (Å²) < 4.78 is 2.80. The van der Waals surface area contributed by atoms with Crippen molar-refractivity contribution < 1.29 is 0 Å². The molecule has 0 aliphatic carbocycles. The summed E-state index contributed by atoms with van der Waals surface area (Å²) in [5, 5.41) is 4.36. The van der Waals surface area contributed by atoms with Crippen molar-refractivity contribution in [1.29, 1.82) is 0 Å². The highest BCUT2D eigenvalue weighted by Gasteiger charge is 2.10. The number of aryl methyl sites for hydroxylation is 2. The Morgan fingerprint density at radius 1 is 1.35 bits per heavy atom. The fraction of sp³-hybridized carbons (Fsp3) is 0.333. The Balaban J connectivity index is 2.50. The second-order valence-corrected chi connectivity index (χ2v) is 4.97. The van der Waals surface area contributed by atoms with Gasteiger partial charge in [-0.3, -0.25) is 0 Å². The molecule has 0 saturated carbocycles. The lowest BCUT2D eigenvalue weighted by Gasteiger charge is -2.10. The molecule has 2 N–H and O–H groups in total. The minimum atomic E-state index is 0.0268. The lowest BCUT2D eigenvalue weighted by molar-refractivity contribution is 0.804. The molecule has 0 aliphatic heterocycles. The van der Waals surface area contributed by atoms with E-state index in [2.05, 4.69) is 26.0 Å². The molecule has 1 atom stereocenters. The number of hydrogen-bond acceptors (Lipinski definition) is 3. The fourth-order valence-corrected chi connectivity index (χ4v) is 2.29. The van der Waals surface area contributed by atoms with E-state index in [9.17, 15) is 0 Å². The van der Waals surface area contributed by atoms with Gasteiger partial charge < -0.3 is 5.73 Å². The van der Waals surface area contributed by atoms with Crippen molar-refractivity contribution in [2.45, 2.75) is 26.8 Å². The molecule has 2 aromatic rings. The normalized spacial score (nSPS) is 12.8. The number of halogens is 1. The summed E-state index contributed by atoms with van der Waals surface area (Å²) in [7, 11) is 0. The molecule has 0 fully saturated rings. The Kier molecular flexibility index (Phi) is 3.31. The van der Waals surface area contributed by atoms with Gasteiger partial charge in [-0.25, -0.2) is 9.67 Å². The summed E-state index contributed by atoms with van der Waals surface area (Å²) in [6.07, 6.45) is 0. The van der Waals surface area contributed by atoms with Crippen LogP contribution in [0.1, 0.15) is 30.2 Å². The van der Waals surface area contributed by atoms with Crippen LogP contribution in [0.2, 0.25) is 0 Å². The highest BCUT2D eigenvalue weighted by molar-refractivity contribution is 9.10. The van der Waals surface area contributed by atoms with E-state index in [4.69, 9.17) is 5.73 Å². The maximum absolute atomic E-state index is 5.85. The van der Waals surface area contributed by atoms with E-state index in [1.165, 1.54) is 0 Å². The molecule has 5 heteroatoms. The molecule has 1 heterocycles. The molecule has 17 heavy (non-hydrogen) atoms. The number of hydrogen-bond donors (Lipinski definition) is 1. The lowest BCUT2D eigenvalue weighted by Crippen LogP contribution is -2.06. The van der Waals surface area contributed by atoms with E-state index >= 15 is 0 Å². The van der Waals surface area contributed by atoms with Gasteiger partial charge in [0, 0.05) is 10.5 Å². The van der Waals surface area contributed by atoms with Crippen molar-refractivity contribution >= 4 is 15.9 Å². The van der Waals surface area contributed by atoms with Crippen molar-refractivity contribution in [3.05, 3.63) is 39.9 Å². The Morgan fingerprint density at radius 3 is 2.53 bits per heavy atom. The van der Waals surface area contributed by atoms with Crippen LogP contribution >= 0.6 is 15.9 Å². The number of nitrogens with two attached hydrogens (primary N) is 1. The molecule has 0 aliphatic rings. The summed E-state index contributed by atoms with van der Waals surface area (Å²) in [5.41, 5.74) is 7.92. The Labute approximate surface area is 109 Å². The van der Waals surface area contributed by atoms with Gasteiger partial charge in [-0.05, 0) is 54.4 Å². The average Bonchev–Trinajstić information content (AvgIpc) is 2.57. The molecule has 0 amide bonds. The molecular formula is C12H15BrN4. The molecule has 4 nitrogen and oxygen atoms in total. The first-order valence-corrected chi connectivity index (χ1v) is 6.24. The fourth-order valence-electron chi connectivity index (χ4n) is 1.73. The maximum Gasteiger partial charge on any atom is 0.148 e. The van der Waals surface area contributed by atoms with E-state index in [1.54, 1.807) is 0 Å². The second-order valence-electron chi connectivity index (χ2n) is 4.12. The summed E-state index contributed by atoms with van der Waals surface area (Å²) in [4.78, 5) is 4.29. The average molecular weight is 295 g/mol. The van der Waals surface area contributed by atoms with Crippen LogP contribution in [-0.4, -0.2) is 14.8 Å². The lowest BCUT2D eigenvalue weighted by atomic mass is 10.1. The van der Waals surface area contributed by atoms with Crippen LogP contribution in [0.25, 0.3) is 5.69 Å². The molecule has 0 radical (unpaired) electrons. The van der Waals surface area contributed by atoms with Crippen LogP contribution < -0.4 is 5.73 Å². The quantitative estimate of drug-likeness (QED) is 0.926. The second kappa shape index (κ2) is 4.58. The zero-order chi connectivity index (χ0) is 12.6. The first kappa shape index (κ1) is 12.3. The van der Waals surface area contributed by atoms with Crippen LogP contribution in [-0.2, 0) is 0 Å². The van der Waals surface area contributed by atoms with Gasteiger partial charge >= 0.3 is 0 Å². The topological polar surface area (TPSA) is 56.7 Å². The van der Waals surface area contributed by atoms with E-state index in [-0.39, 0.29) is 6.04 Å². The van der Waals surface area contributed by atoms with Gasteiger partial charge in [0.2, 0.25) is 0 Å². The largest absolute Gasteiger partial charge is 0.324 e. The zero-order valence-corrected chi connectivity index (χ0v) is 11.7. The smallest absolute Gasteiger partial charge is 0.148 e. The van der Waals surface area contributed by atoms with Crippen LogP contribution in [0.3, 0.4) is 0 Å². The number of rotatable bonds is 2. The monoisotopic (exact) mass is 294 g/mol. The van der Waals surface area contributed by atoms with Crippen LogP contribution in [0.5, 0.6) is 0 Å². The van der Waals surface area contributed by atoms with Crippen LogP contribution in [0.15, 0.2) is 22.7 Å². The number of aromatic nitrogens is 3. The molecular weight excluding hydrogens is 280 g/mol. The highest BCUT2D eigenvalue weighted by atomic mass is 79.9. The first-order valence-electron chi connectivity index (χ1n) is 5.44. The molecule has 2 rings (SSSR count). The minimum absolute atomic E-state index is 0.0268. The molecule has 1 aromatic heterocycles. The Morgan fingerprint density at radius 2 is 2.06 bits per heavy atom. The Bertz CT molecular complexity index is 545. The summed E-state index contributed by atoms with van der Waals surface area (Å²) >= 11 is 3.55. The number of nitrogens with zero attached hydrogens (tertiary/aromatic N) is 3. The minimum Gasteiger partial charge on any atom is -0.324 e. The molecule has 0 unspecified atom stereocenters. The van der Waals surface area contributed by atoms with Gasteiger partial charge in [0.05, 0.1) is 5.69 Å². The van der Waals surface area contributed by atoms with Crippen LogP contribution in [0.4, 0.5) is 0 Å². The Hall–Kier alpha value is -1.20. The molecule has 1 aromatic carbocycles. The zero-order valence-electron chi connectivity index (χ0n) is 10.1. The van der Waals surface area contributed by atoms with Gasteiger partial charge in [0.25, 0.3) is 0 Å². The predicted molar refractivity (Wildman–Crippen MR) is 71.1 cm³/mol. The third-order valence-electron chi connectivity index (χ3n) is 2.60. The standard InChI is InChI=1S/C12H15BrN4/c1-7(14)10-4-5-12(11(13)6-10)17-9(3)15-8(2)16-17/h4-7H,14H2,1-3H3/t7-/m1/s1. The number of benzene rings is 1. The highest BCUT2D eigenvalue weighted by Crippen LogP contribution is 2.25. The van der Waals surface area contributed by atoms with Gasteiger partial charge in [-0.1, -0.05) is 6.07 Å². The third-order valence-corrected chi connectivity index (χ3v) is 3.24. The van der Waals surface area contributed by atoms with Crippen molar-refractivity contribution in [3.8, 4) is 5.69 Å². The maximum atomic E-state index is 5.85. The van der Waals surface area contributed by atoms with Gasteiger partial charge in [0.15, 0.2) is 0 Å². The third kappa shape index (κ3) is 2.40. The van der Waals surface area contributed by atoms with Gasteiger partial charge in [-0.2, -0.15) is 5.10 Å².